The van der Waals surface area contributed by atoms with Crippen molar-refractivity contribution in [3.05, 3.63) is 35.4 Å². The van der Waals surface area contributed by atoms with Gasteiger partial charge in [0.15, 0.2) is 0 Å². The van der Waals surface area contributed by atoms with Crippen molar-refractivity contribution in [3.63, 3.8) is 0 Å². The van der Waals surface area contributed by atoms with E-state index in [4.69, 9.17) is 11.2 Å². The zero-order valence-electron chi connectivity index (χ0n) is 23.1. The van der Waals surface area contributed by atoms with Gasteiger partial charge < -0.3 is 20.3 Å². The van der Waals surface area contributed by atoms with Crippen LogP contribution in [0.1, 0.15) is 97.7 Å². The lowest BCUT2D eigenvalue weighted by Crippen LogP contribution is -2.55. The molecule has 1 aromatic carbocycles. The number of nitrogens with one attached hydrogen (secondary N) is 2. The Morgan fingerprint density at radius 3 is 2.25 bits per heavy atom. The molecule has 2 unspecified atom stereocenters. The maximum Gasteiger partial charge on any atom is 0.408 e. The first-order valence-electron chi connectivity index (χ1n) is 13.1. The topological polar surface area (TPSA) is 87.7 Å². The summed E-state index contributed by atoms with van der Waals surface area (Å²) in [5.74, 6) is 1.81. The summed E-state index contributed by atoms with van der Waals surface area (Å²) in [6, 6.07) is 5.41. The van der Waals surface area contributed by atoms with Gasteiger partial charge in [-0.05, 0) is 51.2 Å². The van der Waals surface area contributed by atoms with Crippen LogP contribution < -0.4 is 10.6 Å². The molecule has 0 aliphatic carbocycles. The Hall–Kier alpha value is -3.01. The second-order valence-electron chi connectivity index (χ2n) is 10.4. The normalized spacial score (nSPS) is 12.9. The lowest BCUT2D eigenvalue weighted by molar-refractivity contribution is -0.143. The Bertz CT molecular complexity index is 899. The lowest BCUT2D eigenvalue weighted by Gasteiger charge is -2.36. The quantitative estimate of drug-likeness (QED) is 0.289. The van der Waals surface area contributed by atoms with E-state index >= 15 is 0 Å². The van der Waals surface area contributed by atoms with Gasteiger partial charge in [0.25, 0.3) is 0 Å². The third kappa shape index (κ3) is 9.93. The Labute approximate surface area is 217 Å². The maximum atomic E-state index is 14.1. The number of carbonyl (C=O) groups excluding carboxylic acids is 3. The minimum atomic E-state index is -0.917. The molecular weight excluding hydrogens is 454 g/mol. The number of hydrogen-bond donors (Lipinski definition) is 2. The van der Waals surface area contributed by atoms with Crippen molar-refractivity contribution in [1.29, 1.82) is 0 Å². The number of benzene rings is 1. The number of hydrogen-bond acceptors (Lipinski definition) is 4. The van der Waals surface area contributed by atoms with Gasteiger partial charge in [0.05, 0.1) is 0 Å². The van der Waals surface area contributed by atoms with Gasteiger partial charge in [-0.2, -0.15) is 0 Å². The summed E-state index contributed by atoms with van der Waals surface area (Å²) in [7, 11) is 0. The minimum Gasteiger partial charge on any atom is -0.444 e. The molecule has 0 fully saturated rings. The molecular formula is C29H45N3O4. The summed E-state index contributed by atoms with van der Waals surface area (Å²) in [5.41, 5.74) is 0.448. The monoisotopic (exact) mass is 499 g/mol. The average Bonchev–Trinajstić information content (AvgIpc) is 2.80. The van der Waals surface area contributed by atoms with E-state index in [0.717, 1.165) is 32.1 Å². The van der Waals surface area contributed by atoms with E-state index < -0.39 is 23.8 Å². The number of amides is 3. The molecule has 0 aliphatic heterocycles. The molecule has 2 atom stereocenters. The maximum absolute atomic E-state index is 14.1. The Morgan fingerprint density at radius 2 is 1.69 bits per heavy atom. The number of ether oxygens (including phenoxy) is 1. The first-order chi connectivity index (χ1) is 17.0. The highest BCUT2D eigenvalue weighted by atomic mass is 16.6. The molecule has 0 saturated heterocycles. The van der Waals surface area contributed by atoms with Gasteiger partial charge in [-0.25, -0.2) is 4.79 Å². The summed E-state index contributed by atoms with van der Waals surface area (Å²) in [5, 5.41) is 5.73. The molecule has 0 saturated carbocycles. The highest BCUT2D eigenvalue weighted by Gasteiger charge is 2.37. The van der Waals surface area contributed by atoms with Gasteiger partial charge in [-0.1, -0.05) is 71.1 Å². The first-order valence-corrected chi connectivity index (χ1v) is 13.1. The molecule has 7 heteroatoms. The molecule has 2 N–H and O–H groups in total. The van der Waals surface area contributed by atoms with Gasteiger partial charge in [0.2, 0.25) is 11.8 Å². The third-order valence-corrected chi connectivity index (χ3v) is 5.69. The van der Waals surface area contributed by atoms with Crippen LogP contribution in [0.4, 0.5) is 4.79 Å². The van der Waals surface area contributed by atoms with E-state index in [9.17, 15) is 14.4 Å². The van der Waals surface area contributed by atoms with E-state index in [1.807, 2.05) is 32.9 Å². The SMILES string of the molecule is C#Cc1ccccc1C(C(=O)NCCCC)N(CCCCC)C(=O)C(NC(=O)OC(C)(C)C)C(C)C. The van der Waals surface area contributed by atoms with Crippen LogP contribution in [0.25, 0.3) is 0 Å². The molecule has 200 valence electrons. The predicted molar refractivity (Wildman–Crippen MR) is 144 cm³/mol. The number of unbranched alkanes of at least 4 members (excludes halogenated alkanes) is 3. The molecule has 7 nitrogen and oxygen atoms in total. The molecule has 3 amide bonds. The number of rotatable bonds is 13. The van der Waals surface area contributed by atoms with Crippen LogP contribution in [0, 0.1) is 18.3 Å². The summed E-state index contributed by atoms with van der Waals surface area (Å²) in [6.45, 7) is 14.0. The van der Waals surface area contributed by atoms with Crippen molar-refractivity contribution in [2.24, 2.45) is 5.92 Å². The summed E-state index contributed by atoms with van der Waals surface area (Å²) < 4.78 is 5.41. The van der Waals surface area contributed by atoms with Gasteiger partial charge >= 0.3 is 6.09 Å². The zero-order chi connectivity index (χ0) is 27.3. The van der Waals surface area contributed by atoms with Crippen molar-refractivity contribution in [2.75, 3.05) is 13.1 Å². The van der Waals surface area contributed by atoms with Crippen molar-refractivity contribution in [2.45, 2.75) is 98.3 Å². The number of carbonyl (C=O) groups is 3. The number of nitrogens with zero attached hydrogens (tertiary/aromatic N) is 1. The fourth-order valence-corrected chi connectivity index (χ4v) is 3.83. The fourth-order valence-electron chi connectivity index (χ4n) is 3.83. The van der Waals surface area contributed by atoms with Crippen molar-refractivity contribution >= 4 is 17.9 Å². The Balaban J connectivity index is 3.50. The molecule has 1 rings (SSSR count). The van der Waals surface area contributed by atoms with Crippen LogP contribution in [-0.2, 0) is 14.3 Å². The molecule has 0 bridgehead atoms. The molecule has 0 spiro atoms. The van der Waals surface area contributed by atoms with Crippen LogP contribution in [-0.4, -0.2) is 47.5 Å². The number of terminal acetylenes is 1. The van der Waals surface area contributed by atoms with Gasteiger partial charge in [0, 0.05) is 18.7 Å². The molecule has 1 aromatic rings. The smallest absolute Gasteiger partial charge is 0.408 e. The average molecular weight is 500 g/mol. The van der Waals surface area contributed by atoms with Gasteiger partial charge in [0.1, 0.15) is 17.7 Å². The highest BCUT2D eigenvalue weighted by Crippen LogP contribution is 2.27. The largest absolute Gasteiger partial charge is 0.444 e. The zero-order valence-corrected chi connectivity index (χ0v) is 23.1. The van der Waals surface area contributed by atoms with Crippen LogP contribution >= 0.6 is 0 Å². The Kier molecular flexibility index (Phi) is 13.1. The highest BCUT2D eigenvalue weighted by molar-refractivity contribution is 5.92. The van der Waals surface area contributed by atoms with E-state index in [-0.39, 0.29) is 17.7 Å². The summed E-state index contributed by atoms with van der Waals surface area (Å²) in [6.07, 6.45) is 9.45. The molecule has 0 radical (unpaired) electrons. The van der Waals surface area contributed by atoms with E-state index in [0.29, 0.717) is 24.2 Å². The minimum absolute atomic E-state index is 0.231. The van der Waals surface area contributed by atoms with Crippen LogP contribution in [0.3, 0.4) is 0 Å². The van der Waals surface area contributed by atoms with Crippen LogP contribution in [0.5, 0.6) is 0 Å². The van der Waals surface area contributed by atoms with Gasteiger partial charge in [-0.15, -0.1) is 6.42 Å². The molecule has 36 heavy (non-hydrogen) atoms. The van der Waals surface area contributed by atoms with Crippen molar-refractivity contribution in [1.82, 2.24) is 15.5 Å². The van der Waals surface area contributed by atoms with Crippen LogP contribution in [0.2, 0.25) is 0 Å². The van der Waals surface area contributed by atoms with Crippen LogP contribution in [0.15, 0.2) is 24.3 Å². The van der Waals surface area contributed by atoms with Gasteiger partial charge in [-0.3, -0.25) is 9.59 Å². The molecule has 0 heterocycles. The molecule has 0 aromatic heterocycles. The molecule has 0 aliphatic rings. The van der Waals surface area contributed by atoms with Crippen molar-refractivity contribution in [3.8, 4) is 12.3 Å². The Morgan fingerprint density at radius 1 is 1.06 bits per heavy atom. The first kappa shape index (κ1) is 31.0. The number of alkyl carbamates (subject to hydrolysis) is 1. The summed E-state index contributed by atoms with van der Waals surface area (Å²) in [4.78, 5) is 41.8. The van der Waals surface area contributed by atoms with E-state index in [1.54, 1.807) is 37.8 Å². The predicted octanol–water partition coefficient (Wildman–Crippen LogP) is 5.19. The van der Waals surface area contributed by atoms with Crippen molar-refractivity contribution < 1.29 is 19.1 Å². The fraction of sp³-hybridized carbons (Fsp3) is 0.621. The van der Waals surface area contributed by atoms with E-state index in [1.165, 1.54) is 0 Å². The second-order valence-corrected chi connectivity index (χ2v) is 10.4. The van der Waals surface area contributed by atoms with E-state index in [2.05, 4.69) is 23.5 Å². The second kappa shape index (κ2) is 15.2. The summed E-state index contributed by atoms with van der Waals surface area (Å²) >= 11 is 0. The lowest BCUT2D eigenvalue weighted by atomic mass is 9.95. The third-order valence-electron chi connectivity index (χ3n) is 5.69. The standard InChI is InChI=1S/C29H45N3O4/c1-9-12-16-20-32(27(34)24(21(4)5)31-28(35)36-29(6,7)8)25(26(33)30-19-13-10-2)23-18-15-14-17-22(23)11-3/h3,14-15,17-18,21,24-25H,9-10,12-13,16,19-20H2,1-2,4-8H3,(H,30,33)(H,31,35).